The lowest BCUT2D eigenvalue weighted by atomic mass is 9.72. The molecule has 12 heteroatoms. The van der Waals surface area contributed by atoms with Crippen molar-refractivity contribution >= 4 is 11.8 Å². The van der Waals surface area contributed by atoms with Crippen LogP contribution in [0.2, 0.25) is 0 Å². The van der Waals surface area contributed by atoms with Gasteiger partial charge in [0.15, 0.2) is 5.60 Å². The third-order valence-corrected chi connectivity index (χ3v) is 8.96. The summed E-state index contributed by atoms with van der Waals surface area (Å²) in [6.07, 6.45) is -7.98. The number of cyclic esters (lactones) is 1. The van der Waals surface area contributed by atoms with Crippen molar-refractivity contribution in [2.75, 3.05) is 7.11 Å². The van der Waals surface area contributed by atoms with Crippen molar-refractivity contribution in [3.8, 4) is 0 Å². The Morgan fingerprint density at radius 3 is 2.41 bits per heavy atom. The minimum absolute atomic E-state index is 0.0443. The van der Waals surface area contributed by atoms with Gasteiger partial charge in [-0.05, 0) is 55.7 Å². The van der Waals surface area contributed by atoms with E-state index in [1.165, 1.54) is 40.9 Å². The van der Waals surface area contributed by atoms with Crippen molar-refractivity contribution in [2.45, 2.75) is 96.5 Å². The number of Topliss-reactive ketones (excluding diaryl/α,β-unsaturated/α-hetero) is 1. The highest BCUT2D eigenvalue weighted by molar-refractivity contribution is 5.88. The number of halogens is 3. The second-order valence-electron chi connectivity index (χ2n) is 12.2. The second kappa shape index (κ2) is 12.0. The van der Waals surface area contributed by atoms with Crippen LogP contribution in [0, 0.1) is 29.1 Å². The highest BCUT2D eigenvalue weighted by Crippen LogP contribution is 2.61. The summed E-state index contributed by atoms with van der Waals surface area (Å²) in [6.45, 7) is 11.2. The number of esters is 1. The summed E-state index contributed by atoms with van der Waals surface area (Å²) in [5.74, 6) is -3.35. The number of carbonyl (C=O) groups is 2. The van der Waals surface area contributed by atoms with Gasteiger partial charge in [-0.25, -0.2) is 0 Å². The van der Waals surface area contributed by atoms with Gasteiger partial charge in [-0.1, -0.05) is 27.7 Å². The van der Waals surface area contributed by atoms with Crippen LogP contribution in [-0.4, -0.2) is 65.3 Å². The molecule has 2 heterocycles. The molecule has 4 N–H and O–H groups in total. The fourth-order valence-corrected chi connectivity index (χ4v) is 5.87. The molecule has 4 unspecified atom stereocenters. The van der Waals surface area contributed by atoms with E-state index in [2.05, 4.69) is 6.58 Å². The standard InChI is InChI=1S/C29H42F3NO8/c1-14(8-19(33)13-39-17(4)38-7)21-10-23-28(41-23,29(30,31)32)12-18-9-20(18)15(2)25(36)16(3)26(37)27(5,6)22(34)11-24(35)40-21/h8,13,15-16,18,20-23,25,34,36H,4,9-12,33H2,1-3,5-7H3/b14-8+,19-13-/t15-,16+,18?,20?,21-,22-,23?,25-,28?/m0/s1. The summed E-state index contributed by atoms with van der Waals surface area (Å²) in [5.41, 5.74) is 2.49. The molecule has 1 saturated carbocycles. The van der Waals surface area contributed by atoms with E-state index >= 15 is 0 Å². The summed E-state index contributed by atoms with van der Waals surface area (Å²) >= 11 is 0. The third kappa shape index (κ3) is 7.09. The first-order valence-electron chi connectivity index (χ1n) is 13.7. The smallest absolute Gasteiger partial charge is 0.420 e. The predicted molar refractivity (Wildman–Crippen MR) is 141 cm³/mol. The average molecular weight is 590 g/mol. The zero-order chi connectivity index (χ0) is 31.1. The molecule has 9 atom stereocenters. The zero-order valence-electron chi connectivity index (χ0n) is 24.4. The molecule has 1 aliphatic carbocycles. The molecule has 0 spiro atoms. The van der Waals surface area contributed by atoms with E-state index in [-0.39, 0.29) is 36.3 Å². The Labute approximate surface area is 238 Å². The largest absolute Gasteiger partial charge is 0.469 e. The van der Waals surface area contributed by atoms with Crippen molar-refractivity contribution in [1.82, 2.24) is 0 Å². The van der Waals surface area contributed by atoms with Crippen LogP contribution in [0.25, 0.3) is 0 Å². The van der Waals surface area contributed by atoms with Gasteiger partial charge in [-0.15, -0.1) is 0 Å². The van der Waals surface area contributed by atoms with Gasteiger partial charge in [-0.3, -0.25) is 9.59 Å². The topological polar surface area (TPSA) is 141 Å². The van der Waals surface area contributed by atoms with Gasteiger partial charge in [-0.2, -0.15) is 13.2 Å². The molecule has 2 aliphatic heterocycles. The first-order chi connectivity index (χ1) is 18.9. The molecule has 232 valence electrons. The summed E-state index contributed by atoms with van der Waals surface area (Å²) in [6, 6.07) is 0. The summed E-state index contributed by atoms with van der Waals surface area (Å²) in [7, 11) is 1.34. The van der Waals surface area contributed by atoms with E-state index in [1.54, 1.807) is 6.92 Å². The SMILES string of the molecule is C=C(OC)O/C=C(N)/C=C(\C)[C@@H]1CC2OC2(C(F)(F)F)CC2CC2[C@H](C)[C@H](O)[C@@H](C)C(=O)C(C)(C)[C@@H](O)CC(=O)O1. The number of hydrogen-bond donors (Lipinski definition) is 3. The van der Waals surface area contributed by atoms with E-state index in [9.17, 15) is 33.0 Å². The number of aliphatic hydroxyl groups is 2. The molecule has 0 aromatic rings. The Balaban J connectivity index is 1.95. The molecule has 0 radical (unpaired) electrons. The highest BCUT2D eigenvalue weighted by atomic mass is 19.4. The molecule has 2 saturated heterocycles. The van der Waals surface area contributed by atoms with Crippen LogP contribution in [-0.2, 0) is 28.5 Å². The van der Waals surface area contributed by atoms with Crippen LogP contribution < -0.4 is 5.73 Å². The number of aliphatic hydroxyl groups excluding tert-OH is 2. The molecular weight excluding hydrogens is 547 g/mol. The molecule has 0 aromatic carbocycles. The zero-order valence-corrected chi connectivity index (χ0v) is 24.4. The first-order valence-corrected chi connectivity index (χ1v) is 13.7. The molecule has 0 amide bonds. The average Bonchev–Trinajstić information content (AvgIpc) is 3.80. The number of nitrogens with two attached hydrogens (primary N) is 1. The predicted octanol–water partition coefficient (Wildman–Crippen LogP) is 3.89. The van der Waals surface area contributed by atoms with E-state index in [0.29, 0.717) is 12.0 Å². The Hall–Kier alpha value is -2.57. The molecule has 9 nitrogen and oxygen atoms in total. The maximum Gasteiger partial charge on any atom is 0.420 e. The summed E-state index contributed by atoms with van der Waals surface area (Å²) in [5, 5.41) is 21.8. The molecular formula is C29H42F3NO8. The van der Waals surface area contributed by atoms with Crippen molar-refractivity contribution in [1.29, 1.82) is 0 Å². The monoisotopic (exact) mass is 589 g/mol. The lowest BCUT2D eigenvalue weighted by Crippen LogP contribution is -2.46. The van der Waals surface area contributed by atoms with Crippen molar-refractivity contribution < 1.29 is 51.9 Å². The number of hydrogen-bond acceptors (Lipinski definition) is 9. The number of allylic oxidation sites excluding steroid dienone is 1. The van der Waals surface area contributed by atoms with E-state index in [0.717, 1.165) is 6.26 Å². The van der Waals surface area contributed by atoms with E-state index in [1.807, 2.05) is 0 Å². The Morgan fingerprint density at radius 2 is 1.83 bits per heavy atom. The van der Waals surface area contributed by atoms with Gasteiger partial charge < -0.3 is 34.9 Å². The van der Waals surface area contributed by atoms with Crippen LogP contribution in [0.15, 0.2) is 36.1 Å². The van der Waals surface area contributed by atoms with E-state index in [4.69, 9.17) is 24.7 Å². The number of carbonyl (C=O) groups excluding carboxylic acids is 2. The number of epoxide rings is 1. The lowest BCUT2D eigenvalue weighted by Gasteiger charge is -2.34. The number of rotatable bonds is 5. The Bertz CT molecular complexity index is 1090. The fourth-order valence-electron chi connectivity index (χ4n) is 5.87. The van der Waals surface area contributed by atoms with E-state index < -0.39 is 71.6 Å². The summed E-state index contributed by atoms with van der Waals surface area (Å²) in [4.78, 5) is 26.3. The van der Waals surface area contributed by atoms with Gasteiger partial charge in [0.05, 0.1) is 36.9 Å². The highest BCUT2D eigenvalue weighted by Gasteiger charge is 2.74. The van der Waals surface area contributed by atoms with Gasteiger partial charge in [0.25, 0.3) is 5.95 Å². The van der Waals surface area contributed by atoms with Crippen molar-refractivity contribution in [2.24, 2.45) is 34.8 Å². The molecule has 3 aliphatic rings. The van der Waals surface area contributed by atoms with Gasteiger partial charge in [0.1, 0.15) is 24.3 Å². The quantitative estimate of drug-likeness (QED) is 0.189. The number of alkyl halides is 3. The van der Waals surface area contributed by atoms with Gasteiger partial charge >= 0.3 is 12.1 Å². The first kappa shape index (κ1) is 32.9. The molecule has 0 aromatic heterocycles. The third-order valence-electron chi connectivity index (χ3n) is 8.96. The maximum atomic E-state index is 14.4. The van der Waals surface area contributed by atoms with Crippen LogP contribution in [0.5, 0.6) is 0 Å². The molecule has 3 rings (SSSR count). The normalized spacial score (nSPS) is 38.7. The summed E-state index contributed by atoms with van der Waals surface area (Å²) < 4.78 is 63.9. The Kier molecular flexibility index (Phi) is 9.61. The number of methoxy groups -OCH3 is 1. The fraction of sp³-hybridized carbons (Fsp3) is 0.724. The number of ketones is 1. The molecule has 3 fully saturated rings. The number of ether oxygens (including phenoxy) is 4. The lowest BCUT2D eigenvalue weighted by molar-refractivity contribution is -0.187. The van der Waals surface area contributed by atoms with Crippen molar-refractivity contribution in [3.63, 3.8) is 0 Å². The van der Waals surface area contributed by atoms with Crippen LogP contribution in [0.1, 0.15) is 60.3 Å². The molecule has 0 bridgehead atoms. The minimum Gasteiger partial charge on any atom is -0.469 e. The van der Waals surface area contributed by atoms with Crippen molar-refractivity contribution in [3.05, 3.63) is 36.1 Å². The molecule has 41 heavy (non-hydrogen) atoms. The van der Waals surface area contributed by atoms with Crippen LogP contribution in [0.4, 0.5) is 13.2 Å². The minimum atomic E-state index is -4.68. The van der Waals surface area contributed by atoms with Crippen LogP contribution >= 0.6 is 0 Å². The van der Waals surface area contributed by atoms with Crippen LogP contribution in [0.3, 0.4) is 0 Å². The second-order valence-corrected chi connectivity index (χ2v) is 12.2. The Morgan fingerprint density at radius 1 is 1.20 bits per heavy atom. The number of fused-ring (bicyclic) bond motifs is 2. The maximum absolute atomic E-state index is 14.4. The van der Waals surface area contributed by atoms with Gasteiger partial charge in [0.2, 0.25) is 0 Å². The van der Waals surface area contributed by atoms with Gasteiger partial charge in [0, 0.05) is 12.3 Å².